The lowest BCUT2D eigenvalue weighted by molar-refractivity contribution is 0.103. The predicted molar refractivity (Wildman–Crippen MR) is 156 cm³/mol. The Kier molecular flexibility index (Phi) is 3.88. The third kappa shape index (κ3) is 2.32. The molecular formula is C34H17BrO2. The summed E-state index contributed by atoms with van der Waals surface area (Å²) in [6.45, 7) is 0. The van der Waals surface area contributed by atoms with Crippen LogP contribution in [0.3, 0.4) is 0 Å². The molecule has 2 aliphatic rings. The summed E-state index contributed by atoms with van der Waals surface area (Å²) in [5, 5.41) is 8.83. The van der Waals surface area contributed by atoms with E-state index in [4.69, 9.17) is 0 Å². The molecule has 0 amide bonds. The van der Waals surface area contributed by atoms with Crippen molar-refractivity contribution in [3.63, 3.8) is 0 Å². The highest BCUT2D eigenvalue weighted by Gasteiger charge is 2.30. The number of ketones is 2. The summed E-state index contributed by atoms with van der Waals surface area (Å²) >= 11 is 0. The lowest BCUT2D eigenvalue weighted by Gasteiger charge is -2.25. The molecule has 0 aliphatic heterocycles. The average Bonchev–Trinajstić information content (AvgIpc) is 2.94. The van der Waals surface area contributed by atoms with Crippen LogP contribution in [-0.4, -0.2) is 11.6 Å². The van der Waals surface area contributed by atoms with Gasteiger partial charge in [-0.15, -0.1) is 17.0 Å². The van der Waals surface area contributed by atoms with Gasteiger partial charge in [-0.2, -0.15) is 0 Å². The molecule has 172 valence electrons. The Morgan fingerprint density at radius 1 is 0.297 bits per heavy atom. The summed E-state index contributed by atoms with van der Waals surface area (Å²) in [6.07, 6.45) is 0. The summed E-state index contributed by atoms with van der Waals surface area (Å²) in [5.74, 6) is 0.167. The van der Waals surface area contributed by atoms with Crippen molar-refractivity contribution in [3.05, 3.63) is 119 Å². The molecule has 3 heteroatoms. The van der Waals surface area contributed by atoms with Gasteiger partial charge in [0.1, 0.15) is 0 Å². The molecule has 2 nitrogen and oxygen atoms in total. The lowest BCUT2D eigenvalue weighted by Crippen LogP contribution is -2.11. The van der Waals surface area contributed by atoms with Crippen molar-refractivity contribution in [2.75, 3.05) is 0 Å². The molecule has 37 heavy (non-hydrogen) atoms. The molecule has 0 spiro atoms. The van der Waals surface area contributed by atoms with Crippen molar-refractivity contribution in [2.45, 2.75) is 0 Å². The van der Waals surface area contributed by atoms with Crippen molar-refractivity contribution in [2.24, 2.45) is 0 Å². The smallest absolute Gasteiger partial charge is 0.194 e. The zero-order valence-electron chi connectivity index (χ0n) is 19.5. The Hall–Kier alpha value is -4.34. The second-order valence-electron chi connectivity index (χ2n) is 9.89. The fourth-order valence-corrected chi connectivity index (χ4v) is 6.84. The molecule has 9 rings (SSSR count). The van der Waals surface area contributed by atoms with Gasteiger partial charge < -0.3 is 0 Å². The lowest BCUT2D eigenvalue weighted by atomic mass is 9.77. The second-order valence-corrected chi connectivity index (χ2v) is 9.89. The largest absolute Gasteiger partial charge is 0.289 e. The molecule has 0 radical (unpaired) electrons. The molecule has 0 saturated heterocycles. The molecule has 0 aromatic heterocycles. The summed E-state index contributed by atoms with van der Waals surface area (Å²) in [7, 11) is 0. The predicted octanol–water partition coefficient (Wildman–Crippen LogP) is 8.74. The van der Waals surface area contributed by atoms with E-state index >= 15 is 0 Å². The highest BCUT2D eigenvalue weighted by atomic mass is 79.9. The van der Waals surface area contributed by atoms with Crippen LogP contribution in [0.4, 0.5) is 0 Å². The first-order valence-electron chi connectivity index (χ1n) is 12.2. The van der Waals surface area contributed by atoms with Gasteiger partial charge in [0.05, 0.1) is 0 Å². The van der Waals surface area contributed by atoms with Crippen molar-refractivity contribution in [3.8, 4) is 22.3 Å². The molecule has 0 bridgehead atoms. The van der Waals surface area contributed by atoms with E-state index in [1.165, 1.54) is 0 Å². The molecule has 0 atom stereocenters. The van der Waals surface area contributed by atoms with Crippen LogP contribution in [0.1, 0.15) is 31.8 Å². The van der Waals surface area contributed by atoms with E-state index in [1.54, 1.807) is 0 Å². The maximum Gasteiger partial charge on any atom is 0.194 e. The molecule has 0 heterocycles. The van der Waals surface area contributed by atoms with E-state index in [0.717, 1.165) is 87.6 Å². The van der Waals surface area contributed by atoms with Crippen LogP contribution in [0.5, 0.6) is 0 Å². The van der Waals surface area contributed by atoms with Gasteiger partial charge in [-0.1, -0.05) is 84.9 Å². The van der Waals surface area contributed by atoms with Crippen molar-refractivity contribution in [1.29, 1.82) is 0 Å². The number of halogens is 1. The van der Waals surface area contributed by atoms with E-state index in [2.05, 4.69) is 36.4 Å². The van der Waals surface area contributed by atoms with Crippen molar-refractivity contribution in [1.82, 2.24) is 0 Å². The number of carbonyl (C=O) groups excluding carboxylic acids is 2. The first-order chi connectivity index (χ1) is 17.7. The molecule has 0 N–H and O–H groups in total. The van der Waals surface area contributed by atoms with Gasteiger partial charge in [-0.25, -0.2) is 0 Å². The number of carbonyl (C=O) groups is 2. The minimum atomic E-state index is 0. The SMILES string of the molecule is Br.O=C1c2ccccc2-c2ccc3c4ccc5c6c(ccc(c7ccc1c2c73)c64)C(=O)c1ccccc1-5. The summed E-state index contributed by atoms with van der Waals surface area (Å²) in [6, 6.07) is 32.7. The van der Waals surface area contributed by atoms with E-state index in [-0.39, 0.29) is 28.5 Å². The van der Waals surface area contributed by atoms with E-state index in [9.17, 15) is 9.59 Å². The van der Waals surface area contributed by atoms with Crippen LogP contribution in [0.2, 0.25) is 0 Å². The maximum atomic E-state index is 13.5. The Bertz CT molecular complexity index is 2010. The summed E-state index contributed by atoms with van der Waals surface area (Å²) < 4.78 is 0. The van der Waals surface area contributed by atoms with Gasteiger partial charge in [0, 0.05) is 33.0 Å². The van der Waals surface area contributed by atoms with E-state index in [1.807, 2.05) is 60.7 Å². The molecule has 7 aromatic rings. The Balaban J connectivity index is 0.00000215. The molecular weight excluding hydrogens is 520 g/mol. The first kappa shape index (κ1) is 20.8. The fraction of sp³-hybridized carbons (Fsp3) is 0. The normalized spacial score (nSPS) is 13.3. The second kappa shape index (κ2) is 6.90. The highest BCUT2D eigenvalue weighted by molar-refractivity contribution is 8.93. The number of fused-ring (bicyclic) bond motifs is 6. The van der Waals surface area contributed by atoms with Crippen LogP contribution in [-0.2, 0) is 0 Å². The van der Waals surface area contributed by atoms with Gasteiger partial charge in [0.2, 0.25) is 0 Å². The first-order valence-corrected chi connectivity index (χ1v) is 12.2. The topological polar surface area (TPSA) is 34.1 Å². The van der Waals surface area contributed by atoms with Crippen LogP contribution in [0.15, 0.2) is 97.1 Å². The van der Waals surface area contributed by atoms with Crippen molar-refractivity contribution >= 4 is 71.6 Å². The summed E-state index contributed by atoms with van der Waals surface area (Å²) in [5.41, 5.74) is 7.27. The number of rotatable bonds is 0. The summed E-state index contributed by atoms with van der Waals surface area (Å²) in [4.78, 5) is 27.0. The Morgan fingerprint density at radius 3 is 1.00 bits per heavy atom. The van der Waals surface area contributed by atoms with Crippen LogP contribution >= 0.6 is 17.0 Å². The Morgan fingerprint density at radius 2 is 0.622 bits per heavy atom. The average molecular weight is 537 g/mol. The minimum absolute atomic E-state index is 0. The number of hydrogen-bond donors (Lipinski definition) is 0. The maximum absolute atomic E-state index is 13.5. The molecule has 7 aromatic carbocycles. The fourth-order valence-electron chi connectivity index (χ4n) is 6.84. The van der Waals surface area contributed by atoms with Gasteiger partial charge in [0.15, 0.2) is 11.6 Å². The van der Waals surface area contributed by atoms with Crippen LogP contribution < -0.4 is 0 Å². The standard InChI is InChI=1S/C34H16O2.BrH/c35-33-25-7-3-1-5-17(25)19-9-11-21-22-12-10-20-18-6-2-4-8-26(18)34(36)28-16-14-24(30(22)32(20)28)23-13-15-27(33)31(19)29(21)23;/h1-16H;1H. The highest BCUT2D eigenvalue weighted by Crippen LogP contribution is 2.50. The van der Waals surface area contributed by atoms with Gasteiger partial charge in [-0.3, -0.25) is 9.59 Å². The minimum Gasteiger partial charge on any atom is -0.289 e. The molecule has 0 unspecified atom stereocenters. The van der Waals surface area contributed by atoms with Crippen LogP contribution in [0, 0.1) is 0 Å². The van der Waals surface area contributed by atoms with Gasteiger partial charge >= 0.3 is 0 Å². The van der Waals surface area contributed by atoms with Gasteiger partial charge in [-0.05, 0) is 66.7 Å². The molecule has 0 fully saturated rings. The van der Waals surface area contributed by atoms with Crippen molar-refractivity contribution < 1.29 is 9.59 Å². The van der Waals surface area contributed by atoms with Gasteiger partial charge in [0.25, 0.3) is 0 Å². The Labute approximate surface area is 222 Å². The molecule has 0 saturated carbocycles. The zero-order chi connectivity index (χ0) is 23.7. The number of benzene rings is 7. The molecule has 2 aliphatic carbocycles. The van der Waals surface area contributed by atoms with E-state index in [0.29, 0.717) is 0 Å². The zero-order valence-corrected chi connectivity index (χ0v) is 21.2. The quantitative estimate of drug-likeness (QED) is 0.143. The third-order valence-electron chi connectivity index (χ3n) is 8.31. The van der Waals surface area contributed by atoms with E-state index < -0.39 is 0 Å². The monoisotopic (exact) mass is 536 g/mol. The number of hydrogen-bond acceptors (Lipinski definition) is 2. The van der Waals surface area contributed by atoms with Crippen LogP contribution in [0.25, 0.3) is 65.3 Å². The third-order valence-corrected chi connectivity index (χ3v) is 8.31.